The SMILES string of the molecule is CC(C)[C@H](CO)N1C(=O)[C@@H]2[C@@H]3C(=O)OCCCC/C=C\[C@]3(C)S[C@@]23C=CCN(Cc2ccccc2)C(=O)C13. The van der Waals surface area contributed by atoms with Gasteiger partial charge in [0.2, 0.25) is 11.8 Å². The van der Waals surface area contributed by atoms with Gasteiger partial charge in [-0.2, -0.15) is 0 Å². The molecule has 1 aromatic carbocycles. The summed E-state index contributed by atoms with van der Waals surface area (Å²) in [5, 5.41) is 10.4. The zero-order valence-electron chi connectivity index (χ0n) is 22.4. The summed E-state index contributed by atoms with van der Waals surface area (Å²) in [7, 11) is 0. The number of aliphatic hydroxyl groups excluding tert-OH is 1. The van der Waals surface area contributed by atoms with Crippen molar-refractivity contribution in [2.75, 3.05) is 19.8 Å². The van der Waals surface area contributed by atoms with Gasteiger partial charge >= 0.3 is 5.97 Å². The number of cyclic esters (lactones) is 1. The van der Waals surface area contributed by atoms with Crippen LogP contribution in [0.25, 0.3) is 0 Å². The molecule has 4 aliphatic rings. The van der Waals surface area contributed by atoms with Crippen molar-refractivity contribution in [2.45, 2.75) is 68.2 Å². The summed E-state index contributed by atoms with van der Waals surface area (Å²) in [5.41, 5.74) is 1.01. The predicted octanol–water partition coefficient (Wildman–Crippen LogP) is 3.57. The number of thioether (sulfide) groups is 1. The van der Waals surface area contributed by atoms with Crippen LogP contribution >= 0.6 is 11.8 Å². The Kier molecular flexibility index (Phi) is 7.48. The van der Waals surface area contributed by atoms with Gasteiger partial charge in [0.15, 0.2) is 0 Å². The Morgan fingerprint density at radius 3 is 2.53 bits per heavy atom. The fourth-order valence-corrected chi connectivity index (χ4v) is 8.85. The van der Waals surface area contributed by atoms with Crippen LogP contribution in [0, 0.1) is 17.8 Å². The normalized spacial score (nSPS) is 34.9. The van der Waals surface area contributed by atoms with Crippen LogP contribution in [-0.2, 0) is 25.7 Å². The second-order valence-electron chi connectivity index (χ2n) is 11.4. The number of allylic oxidation sites excluding steroid dienone is 1. The number of ether oxygens (including phenoxy) is 1. The van der Waals surface area contributed by atoms with Crippen molar-refractivity contribution in [3.63, 3.8) is 0 Å². The van der Waals surface area contributed by atoms with Crippen LogP contribution in [0.2, 0.25) is 0 Å². The first kappa shape index (κ1) is 27.0. The second kappa shape index (κ2) is 10.5. The Hall–Kier alpha value is -2.58. The fraction of sp³-hybridized carbons (Fsp3) is 0.567. The molecule has 2 saturated heterocycles. The summed E-state index contributed by atoms with van der Waals surface area (Å²) >= 11 is 1.55. The number of nitrogens with zero attached hydrogens (tertiary/aromatic N) is 2. The number of rotatable bonds is 5. The minimum absolute atomic E-state index is 0.0743. The molecule has 1 unspecified atom stereocenters. The Labute approximate surface area is 229 Å². The van der Waals surface area contributed by atoms with E-state index >= 15 is 0 Å². The Morgan fingerprint density at radius 1 is 1.05 bits per heavy atom. The smallest absolute Gasteiger partial charge is 0.311 e. The molecule has 2 amide bonds. The van der Waals surface area contributed by atoms with Crippen LogP contribution in [0.4, 0.5) is 0 Å². The molecular weight excluding hydrogens is 500 g/mol. The third-order valence-corrected chi connectivity index (χ3v) is 10.3. The maximum atomic E-state index is 14.5. The van der Waals surface area contributed by atoms with Crippen molar-refractivity contribution in [1.29, 1.82) is 0 Å². The van der Waals surface area contributed by atoms with Crippen molar-refractivity contribution in [1.82, 2.24) is 9.80 Å². The van der Waals surface area contributed by atoms with E-state index in [9.17, 15) is 19.5 Å². The summed E-state index contributed by atoms with van der Waals surface area (Å²) in [6.07, 6.45) is 10.8. The highest BCUT2D eigenvalue weighted by Gasteiger charge is 2.74. The van der Waals surface area contributed by atoms with Crippen LogP contribution in [0.5, 0.6) is 0 Å². The molecule has 0 bridgehead atoms. The molecule has 0 aliphatic carbocycles. The number of carbonyl (C=O) groups excluding carboxylic acids is 3. The molecule has 4 aliphatic heterocycles. The molecule has 7 nitrogen and oxygen atoms in total. The highest BCUT2D eigenvalue weighted by Crippen LogP contribution is 2.65. The number of amides is 2. The van der Waals surface area contributed by atoms with E-state index in [1.54, 1.807) is 21.6 Å². The lowest BCUT2D eigenvalue weighted by atomic mass is 9.74. The van der Waals surface area contributed by atoms with Gasteiger partial charge in [-0.15, -0.1) is 11.8 Å². The van der Waals surface area contributed by atoms with E-state index in [0.29, 0.717) is 19.7 Å². The van der Waals surface area contributed by atoms with E-state index < -0.39 is 33.4 Å². The monoisotopic (exact) mass is 538 g/mol. The van der Waals surface area contributed by atoms with Crippen LogP contribution in [-0.4, -0.2) is 74.0 Å². The van der Waals surface area contributed by atoms with E-state index in [4.69, 9.17) is 4.74 Å². The lowest BCUT2D eigenvalue weighted by Gasteiger charge is -2.41. The first-order chi connectivity index (χ1) is 18.2. The second-order valence-corrected chi connectivity index (χ2v) is 13.2. The summed E-state index contributed by atoms with van der Waals surface area (Å²) in [4.78, 5) is 45.9. The van der Waals surface area contributed by atoms with E-state index in [2.05, 4.69) is 12.2 Å². The van der Waals surface area contributed by atoms with Crippen molar-refractivity contribution in [2.24, 2.45) is 17.8 Å². The number of hydrogen-bond acceptors (Lipinski definition) is 6. The van der Waals surface area contributed by atoms with Crippen molar-refractivity contribution >= 4 is 29.5 Å². The predicted molar refractivity (Wildman–Crippen MR) is 147 cm³/mol. The van der Waals surface area contributed by atoms with Gasteiger partial charge in [-0.3, -0.25) is 14.4 Å². The van der Waals surface area contributed by atoms with Gasteiger partial charge in [-0.25, -0.2) is 0 Å². The van der Waals surface area contributed by atoms with E-state index in [1.165, 1.54) is 0 Å². The van der Waals surface area contributed by atoms with Gasteiger partial charge in [-0.1, -0.05) is 68.5 Å². The third-order valence-electron chi connectivity index (χ3n) is 8.55. The standard InChI is InChI=1S/C30H38N2O5S/c1-20(2)22(19-33)32-25-27(35)31(18-21-12-7-6-8-13-21)16-11-15-30(25)23(26(32)34)24-28(36)37-17-10-5-4-9-14-29(24,3)38-30/h6-9,11-15,20,22-25,33H,4-5,10,16-19H2,1-3H3/b14-9-/t22-,23-,24+,25?,29-,30-/m0/s1. The van der Waals surface area contributed by atoms with Crippen LogP contribution in [0.3, 0.4) is 0 Å². The Balaban J connectivity index is 1.64. The molecular formula is C30H38N2O5S. The van der Waals surface area contributed by atoms with E-state index in [-0.39, 0.29) is 30.3 Å². The van der Waals surface area contributed by atoms with Gasteiger partial charge in [0.1, 0.15) is 6.04 Å². The number of benzene rings is 1. The van der Waals surface area contributed by atoms with Crippen molar-refractivity contribution < 1.29 is 24.2 Å². The first-order valence-corrected chi connectivity index (χ1v) is 14.5. The third kappa shape index (κ3) is 4.39. The van der Waals surface area contributed by atoms with Gasteiger partial charge in [-0.05, 0) is 37.7 Å². The molecule has 0 radical (unpaired) electrons. The fourth-order valence-electron chi connectivity index (χ4n) is 6.71. The number of aliphatic hydroxyl groups is 1. The molecule has 1 N–H and O–H groups in total. The van der Waals surface area contributed by atoms with E-state index in [1.807, 2.05) is 63.3 Å². The molecule has 0 aromatic heterocycles. The molecule has 2 fully saturated rings. The Bertz CT molecular complexity index is 1140. The molecule has 1 aromatic rings. The average molecular weight is 539 g/mol. The molecule has 1 spiro atoms. The van der Waals surface area contributed by atoms with Crippen LogP contribution < -0.4 is 0 Å². The highest BCUT2D eigenvalue weighted by atomic mass is 32.2. The molecule has 5 rings (SSSR count). The van der Waals surface area contributed by atoms with Crippen molar-refractivity contribution in [3.05, 3.63) is 60.2 Å². The maximum Gasteiger partial charge on any atom is 0.311 e. The molecule has 204 valence electrons. The van der Waals surface area contributed by atoms with Crippen molar-refractivity contribution in [3.8, 4) is 0 Å². The minimum Gasteiger partial charge on any atom is -0.465 e. The molecule has 4 heterocycles. The van der Waals surface area contributed by atoms with Crippen LogP contribution in [0.1, 0.15) is 45.6 Å². The van der Waals surface area contributed by atoms with Gasteiger partial charge in [0, 0.05) is 17.8 Å². The molecule has 38 heavy (non-hydrogen) atoms. The first-order valence-electron chi connectivity index (χ1n) is 13.7. The number of fused-ring (bicyclic) bond motifs is 2. The zero-order chi connectivity index (χ0) is 27.1. The molecule has 8 heteroatoms. The lowest BCUT2D eigenvalue weighted by Crippen LogP contribution is -2.57. The molecule has 0 saturated carbocycles. The highest BCUT2D eigenvalue weighted by molar-refractivity contribution is 8.02. The number of esters is 1. The average Bonchev–Trinajstić information content (AvgIpc) is 3.22. The number of carbonyl (C=O) groups is 3. The summed E-state index contributed by atoms with van der Waals surface area (Å²) in [6, 6.07) is 8.45. The summed E-state index contributed by atoms with van der Waals surface area (Å²) in [5.74, 6) is -2.33. The summed E-state index contributed by atoms with van der Waals surface area (Å²) in [6.45, 7) is 6.80. The van der Waals surface area contributed by atoms with Crippen LogP contribution in [0.15, 0.2) is 54.6 Å². The summed E-state index contributed by atoms with van der Waals surface area (Å²) < 4.78 is 4.08. The Morgan fingerprint density at radius 2 is 1.82 bits per heavy atom. The van der Waals surface area contributed by atoms with Gasteiger partial charge in [0.05, 0.1) is 35.8 Å². The minimum atomic E-state index is -0.946. The number of hydrogen-bond donors (Lipinski definition) is 1. The lowest BCUT2D eigenvalue weighted by molar-refractivity contribution is -0.155. The quantitative estimate of drug-likeness (QED) is 0.456. The zero-order valence-corrected chi connectivity index (χ0v) is 23.2. The van der Waals surface area contributed by atoms with Gasteiger partial charge < -0.3 is 19.6 Å². The maximum absolute atomic E-state index is 14.5. The topological polar surface area (TPSA) is 87.2 Å². The van der Waals surface area contributed by atoms with E-state index in [0.717, 1.165) is 24.8 Å². The largest absolute Gasteiger partial charge is 0.465 e. The van der Waals surface area contributed by atoms with Gasteiger partial charge in [0.25, 0.3) is 0 Å². The number of likely N-dealkylation sites (tertiary alicyclic amines) is 1. The molecule has 6 atom stereocenters.